The van der Waals surface area contributed by atoms with E-state index in [1.165, 1.54) is 41.2 Å². The van der Waals surface area contributed by atoms with Crippen LogP contribution in [0.2, 0.25) is 5.15 Å². The first-order valence-corrected chi connectivity index (χ1v) is 11.8. The van der Waals surface area contributed by atoms with Gasteiger partial charge in [0.25, 0.3) is 15.9 Å². The third kappa shape index (κ3) is 4.73. The van der Waals surface area contributed by atoms with E-state index in [4.69, 9.17) is 16.3 Å². The van der Waals surface area contributed by atoms with Crippen LogP contribution in [-0.2, 0) is 10.0 Å². The first-order chi connectivity index (χ1) is 15.9. The van der Waals surface area contributed by atoms with Crippen LogP contribution >= 0.6 is 11.6 Å². The fraction of sp³-hybridized carbons (Fsp3) is 0.286. The van der Waals surface area contributed by atoms with Gasteiger partial charge in [-0.3, -0.25) is 4.79 Å². The Labute approximate surface area is 197 Å². The standard InChI is InChI=1S/C21H18ClF3N4O4S/c1-13-4-2-3-5-15(13)34(31,32)28-19(30)14-6-7-16(26-18(14)22)29-11-8-17(27-29)33-12-20(9-10-20)21(23,24)25/h2-8,11H,9-10,12H2,1H3,(H,28,30). The topological polar surface area (TPSA) is 103 Å². The van der Waals surface area contributed by atoms with Gasteiger partial charge in [-0.2, -0.15) is 13.2 Å². The minimum Gasteiger partial charge on any atom is -0.476 e. The lowest BCUT2D eigenvalue weighted by Crippen LogP contribution is -2.31. The largest absolute Gasteiger partial charge is 0.476 e. The third-order valence-corrected chi connectivity index (χ3v) is 7.22. The summed E-state index contributed by atoms with van der Waals surface area (Å²) in [5.41, 5.74) is -1.56. The van der Waals surface area contributed by atoms with Gasteiger partial charge < -0.3 is 4.74 Å². The zero-order chi connectivity index (χ0) is 24.7. The summed E-state index contributed by atoms with van der Waals surface area (Å²) in [7, 11) is -4.14. The second-order valence-electron chi connectivity index (χ2n) is 7.87. The number of hydrogen-bond donors (Lipinski definition) is 1. The lowest BCUT2D eigenvalue weighted by Gasteiger charge is -2.18. The average Bonchev–Trinajstić information content (AvgIpc) is 3.42. The number of ether oxygens (including phenoxy) is 1. The Morgan fingerprint density at radius 2 is 1.91 bits per heavy atom. The predicted octanol–water partition coefficient (Wildman–Crippen LogP) is 4.07. The Morgan fingerprint density at radius 3 is 2.53 bits per heavy atom. The third-order valence-electron chi connectivity index (χ3n) is 5.44. The van der Waals surface area contributed by atoms with Crippen LogP contribution in [0.4, 0.5) is 13.2 Å². The van der Waals surface area contributed by atoms with Gasteiger partial charge in [0.1, 0.15) is 17.2 Å². The number of benzene rings is 1. The normalized spacial score (nSPS) is 15.1. The summed E-state index contributed by atoms with van der Waals surface area (Å²) in [6.45, 7) is 1.06. The van der Waals surface area contributed by atoms with Crippen LogP contribution < -0.4 is 9.46 Å². The number of rotatable bonds is 7. The Morgan fingerprint density at radius 1 is 1.21 bits per heavy atom. The van der Waals surface area contributed by atoms with E-state index in [-0.39, 0.29) is 40.2 Å². The highest BCUT2D eigenvalue weighted by atomic mass is 35.5. The number of aryl methyl sites for hydroxylation is 1. The molecule has 0 radical (unpaired) electrons. The summed E-state index contributed by atoms with van der Waals surface area (Å²) < 4.78 is 72.6. The van der Waals surface area contributed by atoms with E-state index in [0.29, 0.717) is 5.56 Å². The molecule has 4 rings (SSSR count). The first kappa shape index (κ1) is 24.0. The molecular weight excluding hydrogens is 497 g/mol. The maximum absolute atomic E-state index is 13.0. The van der Waals surface area contributed by atoms with Crippen LogP contribution in [-0.4, -0.2) is 41.9 Å². The number of pyridine rings is 1. The maximum atomic E-state index is 13.0. The number of carbonyl (C=O) groups is 1. The fourth-order valence-corrected chi connectivity index (χ4v) is 4.65. The number of alkyl halides is 3. The lowest BCUT2D eigenvalue weighted by atomic mass is 10.1. The monoisotopic (exact) mass is 514 g/mol. The Bertz CT molecular complexity index is 1350. The molecule has 1 N–H and O–H groups in total. The highest BCUT2D eigenvalue weighted by Gasteiger charge is 2.64. The molecule has 1 aliphatic carbocycles. The van der Waals surface area contributed by atoms with Crippen molar-refractivity contribution in [3.63, 3.8) is 0 Å². The molecular formula is C21H18ClF3N4O4S. The molecule has 0 atom stereocenters. The molecule has 1 aromatic carbocycles. The Hall–Kier alpha value is -3.12. The number of aromatic nitrogens is 3. The molecule has 0 saturated heterocycles. The van der Waals surface area contributed by atoms with Crippen molar-refractivity contribution in [3.8, 4) is 11.7 Å². The summed E-state index contributed by atoms with van der Waals surface area (Å²) in [5.74, 6) is -0.853. The number of sulfonamides is 1. The molecule has 3 aromatic rings. The summed E-state index contributed by atoms with van der Waals surface area (Å²) >= 11 is 6.10. The van der Waals surface area contributed by atoms with Gasteiger partial charge in [0, 0.05) is 12.3 Å². The zero-order valence-corrected chi connectivity index (χ0v) is 19.2. The highest BCUT2D eigenvalue weighted by Crippen LogP contribution is 2.57. The summed E-state index contributed by atoms with van der Waals surface area (Å²) in [6.07, 6.45) is -2.91. The van der Waals surface area contributed by atoms with E-state index in [9.17, 15) is 26.4 Å². The quantitative estimate of drug-likeness (QED) is 0.477. The highest BCUT2D eigenvalue weighted by molar-refractivity contribution is 7.90. The van der Waals surface area contributed by atoms with Gasteiger partial charge in [-0.25, -0.2) is 22.8 Å². The second-order valence-corrected chi connectivity index (χ2v) is 9.88. The van der Waals surface area contributed by atoms with E-state index in [2.05, 4.69) is 10.1 Å². The molecule has 34 heavy (non-hydrogen) atoms. The second kappa shape index (κ2) is 8.58. The molecule has 8 nitrogen and oxygen atoms in total. The number of halogens is 4. The molecule has 0 spiro atoms. The predicted molar refractivity (Wildman–Crippen MR) is 115 cm³/mol. The number of hydrogen-bond acceptors (Lipinski definition) is 6. The SMILES string of the molecule is Cc1ccccc1S(=O)(=O)NC(=O)c1ccc(-n2ccc(OCC3(C(F)(F)F)CC3)n2)nc1Cl. The van der Waals surface area contributed by atoms with E-state index in [1.807, 2.05) is 4.72 Å². The van der Waals surface area contributed by atoms with Crippen LogP contribution in [0, 0.1) is 12.3 Å². The fourth-order valence-electron chi connectivity index (χ4n) is 3.20. The minimum atomic E-state index is -4.34. The molecule has 13 heteroatoms. The van der Waals surface area contributed by atoms with Crippen LogP contribution in [0.3, 0.4) is 0 Å². The van der Waals surface area contributed by atoms with Gasteiger partial charge in [-0.1, -0.05) is 29.8 Å². The Kier molecular flexibility index (Phi) is 6.06. The van der Waals surface area contributed by atoms with Gasteiger partial charge in [0.15, 0.2) is 5.82 Å². The summed E-state index contributed by atoms with van der Waals surface area (Å²) in [5, 5.41) is 3.74. The zero-order valence-electron chi connectivity index (χ0n) is 17.6. The minimum absolute atomic E-state index is 0.0114. The van der Waals surface area contributed by atoms with Crippen molar-refractivity contribution >= 4 is 27.5 Å². The van der Waals surface area contributed by atoms with Crippen molar-refractivity contribution < 1.29 is 31.1 Å². The van der Waals surface area contributed by atoms with Gasteiger partial charge in [0.2, 0.25) is 5.88 Å². The Balaban J connectivity index is 1.46. The molecule has 2 aromatic heterocycles. The number of amides is 1. The van der Waals surface area contributed by atoms with E-state index in [0.717, 1.165) is 0 Å². The maximum Gasteiger partial charge on any atom is 0.397 e. The summed E-state index contributed by atoms with van der Waals surface area (Å²) in [4.78, 5) is 16.5. The van der Waals surface area contributed by atoms with E-state index >= 15 is 0 Å². The lowest BCUT2D eigenvalue weighted by molar-refractivity contribution is -0.194. The van der Waals surface area contributed by atoms with Crippen molar-refractivity contribution in [3.05, 3.63) is 64.9 Å². The van der Waals surface area contributed by atoms with Crippen LogP contribution in [0.5, 0.6) is 5.88 Å². The van der Waals surface area contributed by atoms with Crippen LogP contribution in [0.15, 0.2) is 53.6 Å². The molecule has 180 valence electrons. The number of nitrogens with zero attached hydrogens (tertiary/aromatic N) is 3. The molecule has 1 aliphatic rings. The molecule has 0 unspecified atom stereocenters. The van der Waals surface area contributed by atoms with Crippen molar-refractivity contribution in [1.29, 1.82) is 0 Å². The molecule has 1 amide bonds. The van der Waals surface area contributed by atoms with Gasteiger partial charge in [-0.15, -0.1) is 5.10 Å². The van der Waals surface area contributed by atoms with Crippen molar-refractivity contribution in [1.82, 2.24) is 19.5 Å². The van der Waals surface area contributed by atoms with Gasteiger partial charge >= 0.3 is 6.18 Å². The van der Waals surface area contributed by atoms with Gasteiger partial charge in [0.05, 0.1) is 10.5 Å². The van der Waals surface area contributed by atoms with Gasteiger partial charge in [-0.05, 0) is 43.5 Å². The number of carbonyl (C=O) groups excluding carboxylic acids is 1. The smallest absolute Gasteiger partial charge is 0.397 e. The molecule has 0 aliphatic heterocycles. The van der Waals surface area contributed by atoms with Crippen molar-refractivity contribution in [2.24, 2.45) is 5.41 Å². The van der Waals surface area contributed by atoms with Crippen LogP contribution in [0.25, 0.3) is 5.82 Å². The number of nitrogens with one attached hydrogen (secondary N) is 1. The van der Waals surface area contributed by atoms with Crippen LogP contribution in [0.1, 0.15) is 28.8 Å². The molecule has 0 bridgehead atoms. The average molecular weight is 515 g/mol. The molecule has 2 heterocycles. The molecule has 1 saturated carbocycles. The summed E-state index contributed by atoms with van der Waals surface area (Å²) in [6, 6.07) is 10.2. The first-order valence-electron chi connectivity index (χ1n) is 9.97. The van der Waals surface area contributed by atoms with Crippen molar-refractivity contribution in [2.45, 2.75) is 30.8 Å². The van der Waals surface area contributed by atoms with E-state index in [1.54, 1.807) is 19.1 Å². The van der Waals surface area contributed by atoms with E-state index < -0.39 is 34.1 Å². The van der Waals surface area contributed by atoms with Crippen molar-refractivity contribution in [2.75, 3.05) is 6.61 Å². The molecule has 1 fully saturated rings.